The second-order valence-corrected chi connectivity index (χ2v) is 13.6. The first-order valence-electron chi connectivity index (χ1n) is 17.9. The Kier molecular flexibility index (Phi) is 6.92. The van der Waals surface area contributed by atoms with Crippen molar-refractivity contribution in [2.75, 3.05) is 0 Å². The Bertz CT molecular complexity index is 2760. The summed E-state index contributed by atoms with van der Waals surface area (Å²) in [5.74, 6) is 0.934. The van der Waals surface area contributed by atoms with Crippen LogP contribution in [0.1, 0.15) is 36.1 Å². The number of aliphatic imine (C=N–C) groups is 2. The van der Waals surface area contributed by atoms with Crippen molar-refractivity contribution < 1.29 is 0 Å². The summed E-state index contributed by atoms with van der Waals surface area (Å²) in [6.07, 6.45) is 0.932. The van der Waals surface area contributed by atoms with Crippen molar-refractivity contribution in [3.8, 4) is 22.3 Å². The maximum atomic E-state index is 5.67. The lowest BCUT2D eigenvalue weighted by Gasteiger charge is -2.30. The lowest BCUT2D eigenvalue weighted by molar-refractivity contribution is 0.532. The summed E-state index contributed by atoms with van der Waals surface area (Å²) in [7, 11) is 0. The molecule has 0 N–H and O–H groups in total. The number of rotatable bonds is 6. The van der Waals surface area contributed by atoms with Gasteiger partial charge < -0.3 is 4.40 Å². The van der Waals surface area contributed by atoms with Crippen LogP contribution in [0.15, 0.2) is 180 Å². The van der Waals surface area contributed by atoms with Gasteiger partial charge in [-0.25, -0.2) is 4.99 Å². The topological polar surface area (TPSA) is 29.1 Å². The van der Waals surface area contributed by atoms with Crippen molar-refractivity contribution in [1.82, 2.24) is 4.40 Å². The average Bonchev–Trinajstić information content (AvgIpc) is 3.74. The Balaban J connectivity index is 1.30. The first-order chi connectivity index (χ1) is 25.3. The lowest BCUT2D eigenvalue weighted by Crippen LogP contribution is -2.28. The third-order valence-electron chi connectivity index (χ3n) is 10.8. The number of amidine groups is 1. The van der Waals surface area contributed by atoms with Crippen molar-refractivity contribution in [2.45, 2.75) is 19.4 Å². The van der Waals surface area contributed by atoms with Gasteiger partial charge in [-0.1, -0.05) is 165 Å². The molecule has 3 heterocycles. The molecule has 242 valence electrons. The van der Waals surface area contributed by atoms with Crippen molar-refractivity contribution >= 4 is 49.6 Å². The fraction of sp³-hybridized carbons (Fsp3) is 0.0833. The van der Waals surface area contributed by atoms with Crippen molar-refractivity contribution in [2.24, 2.45) is 15.9 Å². The van der Waals surface area contributed by atoms with Crippen LogP contribution < -0.4 is 0 Å². The zero-order chi connectivity index (χ0) is 33.9. The normalized spacial score (nSPS) is 16.3. The average molecular weight is 654 g/mol. The highest BCUT2D eigenvalue weighted by Crippen LogP contribution is 2.45. The van der Waals surface area contributed by atoms with Gasteiger partial charge in [-0.3, -0.25) is 4.99 Å². The van der Waals surface area contributed by atoms with Gasteiger partial charge in [-0.2, -0.15) is 0 Å². The minimum Gasteiger partial charge on any atom is -0.308 e. The number of para-hydroxylation sites is 2. The van der Waals surface area contributed by atoms with Gasteiger partial charge in [-0.05, 0) is 51.9 Å². The monoisotopic (exact) mass is 653 g/mol. The van der Waals surface area contributed by atoms with Gasteiger partial charge in [0, 0.05) is 33.0 Å². The Labute approximate surface area is 297 Å². The van der Waals surface area contributed by atoms with Crippen molar-refractivity contribution in [1.29, 1.82) is 0 Å². The molecule has 7 aromatic carbocycles. The molecule has 10 rings (SSSR count). The molecule has 9 aromatic rings. The molecule has 1 aliphatic heterocycles. The SMILES string of the molecule is CCC1C(c2ccccc2)=NC(c2c(-c3ccc(-c4ccccc4)cc3)ccc3c2c2cccc4c5ccccc5n3c42)=NC1c1ccccc1. The number of fused-ring (bicyclic) bond motifs is 6. The van der Waals surface area contributed by atoms with Gasteiger partial charge in [-0.15, -0.1) is 0 Å². The number of hydrogen-bond acceptors (Lipinski definition) is 2. The van der Waals surface area contributed by atoms with E-state index in [4.69, 9.17) is 9.98 Å². The summed E-state index contributed by atoms with van der Waals surface area (Å²) in [4.78, 5) is 11.3. The van der Waals surface area contributed by atoms with Gasteiger partial charge in [0.1, 0.15) is 0 Å². The van der Waals surface area contributed by atoms with Crippen LogP contribution in [0, 0.1) is 5.92 Å². The molecule has 1 aliphatic rings. The fourth-order valence-corrected chi connectivity index (χ4v) is 8.45. The van der Waals surface area contributed by atoms with Gasteiger partial charge in [0.2, 0.25) is 0 Å². The molecule has 2 aromatic heterocycles. The second kappa shape index (κ2) is 11.9. The lowest BCUT2D eigenvalue weighted by atomic mass is 9.82. The van der Waals surface area contributed by atoms with E-state index < -0.39 is 0 Å². The number of hydrogen-bond donors (Lipinski definition) is 0. The zero-order valence-corrected chi connectivity index (χ0v) is 28.4. The van der Waals surface area contributed by atoms with Gasteiger partial charge >= 0.3 is 0 Å². The molecular weight excluding hydrogens is 619 g/mol. The van der Waals surface area contributed by atoms with Crippen LogP contribution in [0.25, 0.3) is 60.3 Å². The van der Waals surface area contributed by atoms with Crippen LogP contribution in [-0.2, 0) is 0 Å². The predicted molar refractivity (Wildman–Crippen MR) is 214 cm³/mol. The molecule has 0 spiro atoms. The summed E-state index contributed by atoms with van der Waals surface area (Å²) in [5.41, 5.74) is 12.9. The molecule has 2 unspecified atom stereocenters. The Morgan fingerprint density at radius 1 is 0.510 bits per heavy atom. The fourth-order valence-electron chi connectivity index (χ4n) is 8.45. The first-order valence-corrected chi connectivity index (χ1v) is 17.9. The number of aromatic nitrogens is 1. The van der Waals surface area contributed by atoms with E-state index >= 15 is 0 Å². The minimum absolute atomic E-state index is 0.0694. The second-order valence-electron chi connectivity index (χ2n) is 13.6. The third kappa shape index (κ3) is 4.65. The molecule has 0 aliphatic carbocycles. The van der Waals surface area contributed by atoms with E-state index in [1.807, 2.05) is 0 Å². The number of nitrogens with zero attached hydrogens (tertiary/aromatic N) is 3. The van der Waals surface area contributed by atoms with Crippen LogP contribution in [0.2, 0.25) is 0 Å². The highest BCUT2D eigenvalue weighted by Gasteiger charge is 2.33. The summed E-state index contributed by atoms with van der Waals surface area (Å²) in [6, 6.07) is 61.1. The van der Waals surface area contributed by atoms with Gasteiger partial charge in [0.25, 0.3) is 0 Å². The van der Waals surface area contributed by atoms with Crippen LogP contribution >= 0.6 is 0 Å². The van der Waals surface area contributed by atoms with E-state index in [0.717, 1.165) is 40.2 Å². The van der Waals surface area contributed by atoms with Crippen LogP contribution in [0.3, 0.4) is 0 Å². The Morgan fingerprint density at radius 2 is 1.12 bits per heavy atom. The van der Waals surface area contributed by atoms with Crippen LogP contribution in [0.5, 0.6) is 0 Å². The molecule has 3 heteroatoms. The smallest absolute Gasteiger partial charge is 0.156 e. The maximum Gasteiger partial charge on any atom is 0.156 e. The van der Waals surface area contributed by atoms with E-state index in [-0.39, 0.29) is 12.0 Å². The minimum atomic E-state index is -0.0694. The van der Waals surface area contributed by atoms with E-state index in [1.165, 1.54) is 54.8 Å². The molecule has 3 nitrogen and oxygen atoms in total. The summed E-state index contributed by atoms with van der Waals surface area (Å²) >= 11 is 0. The molecule has 0 saturated carbocycles. The van der Waals surface area contributed by atoms with Crippen LogP contribution in [-0.4, -0.2) is 15.9 Å². The van der Waals surface area contributed by atoms with Crippen LogP contribution in [0.4, 0.5) is 0 Å². The molecular formula is C48H35N3. The van der Waals surface area contributed by atoms with Crippen molar-refractivity contribution in [3.05, 3.63) is 187 Å². The Morgan fingerprint density at radius 3 is 1.86 bits per heavy atom. The van der Waals surface area contributed by atoms with Crippen molar-refractivity contribution in [3.63, 3.8) is 0 Å². The highest BCUT2D eigenvalue weighted by molar-refractivity contribution is 6.30. The molecule has 2 atom stereocenters. The molecule has 51 heavy (non-hydrogen) atoms. The van der Waals surface area contributed by atoms with Gasteiger partial charge in [0.15, 0.2) is 5.84 Å². The van der Waals surface area contributed by atoms with E-state index in [2.05, 4.69) is 181 Å². The summed E-state index contributed by atoms with van der Waals surface area (Å²) < 4.78 is 2.45. The molecule has 0 radical (unpaired) electrons. The summed E-state index contributed by atoms with van der Waals surface area (Å²) in [5, 5.41) is 4.97. The highest BCUT2D eigenvalue weighted by atomic mass is 15.0. The standard InChI is InChI=1S/C48H35N3/c1-2-36-45(34-17-8-4-9-18-34)49-48(50-46(36)35-19-10-5-11-20-35)44-37(33-27-25-32(26-28-33)31-15-6-3-7-16-31)29-30-42-43(44)40-23-14-22-39-38-21-12-13-24-41(38)51(42)47(39)40/h3-30,36,45H,2H2,1H3. The predicted octanol–water partition coefficient (Wildman–Crippen LogP) is 12.2. The maximum absolute atomic E-state index is 5.67. The largest absolute Gasteiger partial charge is 0.308 e. The van der Waals surface area contributed by atoms with E-state index in [1.54, 1.807) is 0 Å². The molecule has 0 amide bonds. The molecule has 0 bridgehead atoms. The van der Waals surface area contributed by atoms with Gasteiger partial charge in [0.05, 0.1) is 28.3 Å². The molecule has 0 saturated heterocycles. The summed E-state index contributed by atoms with van der Waals surface area (Å²) in [6.45, 7) is 2.26. The van der Waals surface area contributed by atoms with E-state index in [9.17, 15) is 0 Å². The zero-order valence-electron chi connectivity index (χ0n) is 28.4. The van der Waals surface area contributed by atoms with E-state index in [0.29, 0.717) is 0 Å². The number of benzene rings is 7. The first kappa shape index (κ1) is 29.6. The molecule has 0 fully saturated rings. The Hall–Kier alpha value is -6.32. The quantitative estimate of drug-likeness (QED) is 0.171. The third-order valence-corrected chi connectivity index (χ3v) is 10.8.